The Morgan fingerprint density at radius 2 is 1.91 bits per heavy atom. The second kappa shape index (κ2) is 6.07. The van der Waals surface area contributed by atoms with Crippen LogP contribution in [-0.4, -0.2) is 10.1 Å². The molecule has 0 radical (unpaired) electrons. The molecule has 3 rings (SSSR count). The standard InChI is InChI=1S/C19H18ClNO/c1-3-17(22)15-11-13-8-6-7-12(2)18(13)21-19(15)14-9-4-5-10-16(14)20/h4-11,17,22H,3H2,1-2H3. The van der Waals surface area contributed by atoms with Crippen LogP contribution in [0.3, 0.4) is 0 Å². The SMILES string of the molecule is CCC(O)c1cc2cccc(C)c2nc1-c1ccccc1Cl. The van der Waals surface area contributed by atoms with E-state index >= 15 is 0 Å². The molecule has 2 nitrogen and oxygen atoms in total. The lowest BCUT2D eigenvalue weighted by Gasteiger charge is -2.16. The first-order chi connectivity index (χ1) is 10.6. The molecule has 0 aliphatic carbocycles. The van der Waals surface area contributed by atoms with E-state index in [0.29, 0.717) is 11.4 Å². The molecule has 2 aromatic carbocycles. The Balaban J connectivity index is 2.35. The zero-order valence-electron chi connectivity index (χ0n) is 12.7. The maximum Gasteiger partial charge on any atom is 0.0808 e. The van der Waals surface area contributed by atoms with E-state index in [-0.39, 0.29) is 0 Å². The molecule has 0 aliphatic rings. The highest BCUT2D eigenvalue weighted by atomic mass is 35.5. The van der Waals surface area contributed by atoms with E-state index in [9.17, 15) is 5.11 Å². The van der Waals surface area contributed by atoms with Gasteiger partial charge >= 0.3 is 0 Å². The third kappa shape index (κ3) is 2.60. The first kappa shape index (κ1) is 15.0. The molecule has 0 amide bonds. The lowest BCUT2D eigenvalue weighted by molar-refractivity contribution is 0.174. The first-order valence-corrected chi connectivity index (χ1v) is 7.83. The van der Waals surface area contributed by atoms with Crippen molar-refractivity contribution in [2.75, 3.05) is 0 Å². The molecule has 0 fully saturated rings. The van der Waals surface area contributed by atoms with Crippen LogP contribution in [0.2, 0.25) is 5.02 Å². The monoisotopic (exact) mass is 311 g/mol. The highest BCUT2D eigenvalue weighted by Gasteiger charge is 2.17. The summed E-state index contributed by atoms with van der Waals surface area (Å²) in [5.74, 6) is 0. The zero-order chi connectivity index (χ0) is 15.7. The number of aliphatic hydroxyl groups excluding tert-OH is 1. The van der Waals surface area contributed by atoms with Crippen LogP contribution >= 0.6 is 11.6 Å². The van der Waals surface area contributed by atoms with Gasteiger partial charge in [-0.1, -0.05) is 54.9 Å². The average Bonchev–Trinajstić information content (AvgIpc) is 2.54. The minimum Gasteiger partial charge on any atom is -0.388 e. The number of para-hydroxylation sites is 1. The maximum absolute atomic E-state index is 10.4. The number of hydrogen-bond acceptors (Lipinski definition) is 2. The van der Waals surface area contributed by atoms with Crippen LogP contribution in [0, 0.1) is 6.92 Å². The first-order valence-electron chi connectivity index (χ1n) is 7.45. The van der Waals surface area contributed by atoms with E-state index in [2.05, 4.69) is 0 Å². The number of aryl methyl sites for hydroxylation is 1. The molecule has 1 atom stereocenters. The molecule has 1 N–H and O–H groups in total. The molecule has 0 aliphatic heterocycles. The van der Waals surface area contributed by atoms with Crippen LogP contribution in [-0.2, 0) is 0 Å². The van der Waals surface area contributed by atoms with Gasteiger partial charge in [-0.05, 0) is 31.0 Å². The predicted octanol–water partition coefficient (Wildman–Crippen LogP) is 5.31. The Kier molecular flexibility index (Phi) is 4.14. The van der Waals surface area contributed by atoms with Gasteiger partial charge in [0.15, 0.2) is 0 Å². The number of aromatic nitrogens is 1. The maximum atomic E-state index is 10.4. The minimum absolute atomic E-state index is 0.552. The second-order valence-electron chi connectivity index (χ2n) is 5.48. The number of benzene rings is 2. The van der Waals surface area contributed by atoms with Gasteiger partial charge in [-0.2, -0.15) is 0 Å². The van der Waals surface area contributed by atoms with Crippen LogP contribution in [0.25, 0.3) is 22.2 Å². The summed E-state index contributed by atoms with van der Waals surface area (Å²) in [6, 6.07) is 15.7. The van der Waals surface area contributed by atoms with Crippen molar-refractivity contribution in [3.63, 3.8) is 0 Å². The summed E-state index contributed by atoms with van der Waals surface area (Å²) in [7, 11) is 0. The topological polar surface area (TPSA) is 33.1 Å². The Labute approximate surface area is 135 Å². The van der Waals surface area contributed by atoms with Crippen LogP contribution in [0.15, 0.2) is 48.5 Å². The number of pyridine rings is 1. The van der Waals surface area contributed by atoms with Crippen molar-refractivity contribution < 1.29 is 5.11 Å². The van der Waals surface area contributed by atoms with Crippen LogP contribution in [0.4, 0.5) is 0 Å². The fraction of sp³-hybridized carbons (Fsp3) is 0.211. The fourth-order valence-corrected chi connectivity index (χ4v) is 2.93. The Bertz CT molecular complexity index is 829. The van der Waals surface area contributed by atoms with Gasteiger partial charge in [0.25, 0.3) is 0 Å². The Morgan fingerprint density at radius 3 is 2.64 bits per heavy atom. The highest BCUT2D eigenvalue weighted by molar-refractivity contribution is 6.33. The summed E-state index contributed by atoms with van der Waals surface area (Å²) in [6.07, 6.45) is 0.0832. The molecule has 0 spiro atoms. The van der Waals surface area contributed by atoms with E-state index in [4.69, 9.17) is 16.6 Å². The fourth-order valence-electron chi connectivity index (χ4n) is 2.71. The molecular weight excluding hydrogens is 294 g/mol. The molecule has 0 bridgehead atoms. The normalized spacial score (nSPS) is 12.5. The van der Waals surface area contributed by atoms with Crippen molar-refractivity contribution >= 4 is 22.5 Å². The lowest BCUT2D eigenvalue weighted by Crippen LogP contribution is -2.02. The van der Waals surface area contributed by atoms with Crippen LogP contribution in [0.1, 0.15) is 30.6 Å². The number of hydrogen-bond donors (Lipinski definition) is 1. The summed E-state index contributed by atoms with van der Waals surface area (Å²) in [6.45, 7) is 4.00. The quantitative estimate of drug-likeness (QED) is 0.711. The van der Waals surface area contributed by atoms with E-state index in [0.717, 1.165) is 33.3 Å². The minimum atomic E-state index is -0.552. The van der Waals surface area contributed by atoms with Gasteiger partial charge in [-0.3, -0.25) is 0 Å². The van der Waals surface area contributed by atoms with E-state index < -0.39 is 6.10 Å². The van der Waals surface area contributed by atoms with Crippen molar-refractivity contribution in [3.05, 3.63) is 64.7 Å². The third-order valence-corrected chi connectivity index (χ3v) is 4.28. The largest absolute Gasteiger partial charge is 0.388 e. The Hall–Kier alpha value is -1.90. The summed E-state index contributed by atoms with van der Waals surface area (Å²) < 4.78 is 0. The number of rotatable bonds is 3. The average molecular weight is 312 g/mol. The van der Waals surface area contributed by atoms with Crippen molar-refractivity contribution in [3.8, 4) is 11.3 Å². The van der Waals surface area contributed by atoms with Gasteiger partial charge in [-0.15, -0.1) is 0 Å². The van der Waals surface area contributed by atoms with Gasteiger partial charge in [0, 0.05) is 21.5 Å². The molecule has 3 heteroatoms. The highest BCUT2D eigenvalue weighted by Crippen LogP contribution is 2.35. The predicted molar refractivity (Wildman–Crippen MR) is 92.2 cm³/mol. The van der Waals surface area contributed by atoms with Crippen LogP contribution in [0.5, 0.6) is 0 Å². The van der Waals surface area contributed by atoms with Gasteiger partial charge in [-0.25, -0.2) is 4.98 Å². The summed E-state index contributed by atoms with van der Waals surface area (Å²) >= 11 is 6.35. The van der Waals surface area contributed by atoms with Gasteiger partial charge < -0.3 is 5.11 Å². The van der Waals surface area contributed by atoms with Gasteiger partial charge in [0.2, 0.25) is 0 Å². The molecular formula is C19H18ClNO. The molecule has 1 unspecified atom stereocenters. The van der Waals surface area contributed by atoms with Gasteiger partial charge in [0.05, 0.1) is 17.3 Å². The molecule has 3 aromatic rings. The smallest absolute Gasteiger partial charge is 0.0808 e. The molecule has 0 saturated carbocycles. The third-order valence-electron chi connectivity index (χ3n) is 3.95. The summed E-state index contributed by atoms with van der Waals surface area (Å²) in [4.78, 5) is 4.83. The summed E-state index contributed by atoms with van der Waals surface area (Å²) in [5, 5.41) is 12.1. The van der Waals surface area contributed by atoms with E-state index in [1.807, 2.05) is 62.4 Å². The molecule has 1 aromatic heterocycles. The second-order valence-corrected chi connectivity index (χ2v) is 5.88. The number of nitrogens with zero attached hydrogens (tertiary/aromatic N) is 1. The van der Waals surface area contributed by atoms with Gasteiger partial charge in [0.1, 0.15) is 0 Å². The van der Waals surface area contributed by atoms with Crippen molar-refractivity contribution in [2.24, 2.45) is 0 Å². The van der Waals surface area contributed by atoms with Crippen molar-refractivity contribution in [1.82, 2.24) is 4.98 Å². The van der Waals surface area contributed by atoms with E-state index in [1.54, 1.807) is 0 Å². The van der Waals surface area contributed by atoms with Crippen molar-refractivity contribution in [2.45, 2.75) is 26.4 Å². The number of halogens is 1. The number of fused-ring (bicyclic) bond motifs is 1. The Morgan fingerprint density at radius 1 is 1.14 bits per heavy atom. The molecule has 22 heavy (non-hydrogen) atoms. The van der Waals surface area contributed by atoms with Crippen molar-refractivity contribution in [1.29, 1.82) is 0 Å². The molecule has 0 saturated heterocycles. The van der Waals surface area contributed by atoms with E-state index in [1.165, 1.54) is 0 Å². The zero-order valence-corrected chi connectivity index (χ0v) is 13.4. The summed E-state index contributed by atoms with van der Waals surface area (Å²) in [5.41, 5.74) is 4.51. The van der Waals surface area contributed by atoms with Crippen LogP contribution < -0.4 is 0 Å². The molecule has 1 heterocycles. The molecule has 112 valence electrons. The number of aliphatic hydroxyl groups is 1. The lowest BCUT2D eigenvalue weighted by atomic mass is 9.97.